The molecule has 0 aliphatic heterocycles. The summed E-state index contributed by atoms with van der Waals surface area (Å²) in [7, 11) is 0. The molecule has 6 nitrogen and oxygen atoms in total. The van der Waals surface area contributed by atoms with E-state index in [0.717, 1.165) is 15.7 Å². The molecule has 0 bridgehead atoms. The average molecular weight is 284 g/mol. The van der Waals surface area contributed by atoms with Gasteiger partial charge >= 0.3 is 0 Å². The van der Waals surface area contributed by atoms with Crippen LogP contribution in [0.3, 0.4) is 0 Å². The van der Waals surface area contributed by atoms with Crippen LogP contribution in [0.25, 0.3) is 10.7 Å². The molecule has 2 rings (SSSR count). The number of aliphatic hydroxyl groups excluding tert-OH is 1. The first-order valence-corrected chi connectivity index (χ1v) is 6.92. The Bertz CT molecular complexity index is 537. The van der Waals surface area contributed by atoms with E-state index in [-0.39, 0.29) is 12.5 Å². The number of amides is 1. The highest BCUT2D eigenvalue weighted by Crippen LogP contribution is 2.30. The molecule has 2 aromatic rings. The second-order valence-electron chi connectivity index (χ2n) is 3.40. The van der Waals surface area contributed by atoms with Gasteiger partial charge in [-0.2, -0.15) is 0 Å². The van der Waals surface area contributed by atoms with Crippen LogP contribution < -0.4 is 10.6 Å². The van der Waals surface area contributed by atoms with Crippen LogP contribution in [0, 0.1) is 0 Å². The quantitative estimate of drug-likeness (QED) is 0.777. The Labute approximate surface area is 112 Å². The molecule has 8 heteroatoms. The Morgan fingerprint density at radius 1 is 1.56 bits per heavy atom. The van der Waals surface area contributed by atoms with Crippen LogP contribution in [0.5, 0.6) is 0 Å². The molecule has 0 unspecified atom stereocenters. The summed E-state index contributed by atoms with van der Waals surface area (Å²) < 4.78 is 0. The highest BCUT2D eigenvalue weighted by Gasteiger charge is 2.09. The molecule has 1 amide bonds. The molecule has 18 heavy (non-hydrogen) atoms. The van der Waals surface area contributed by atoms with Gasteiger partial charge < -0.3 is 15.7 Å². The fourth-order valence-corrected chi connectivity index (χ4v) is 2.85. The first-order valence-electron chi connectivity index (χ1n) is 5.23. The lowest BCUT2D eigenvalue weighted by Crippen LogP contribution is -2.04. The Kier molecular flexibility index (Phi) is 4.24. The van der Waals surface area contributed by atoms with E-state index >= 15 is 0 Å². The Balaban J connectivity index is 2.08. The number of aromatic nitrogens is 2. The van der Waals surface area contributed by atoms with Crippen molar-refractivity contribution in [1.82, 2.24) is 9.97 Å². The molecule has 2 heterocycles. The second-order valence-corrected chi connectivity index (χ2v) is 5.29. The van der Waals surface area contributed by atoms with E-state index in [1.165, 1.54) is 29.6 Å². The molecule has 0 saturated heterocycles. The number of hydrogen-bond acceptors (Lipinski definition) is 7. The van der Waals surface area contributed by atoms with E-state index in [4.69, 9.17) is 5.11 Å². The van der Waals surface area contributed by atoms with Gasteiger partial charge in [0.25, 0.3) is 0 Å². The summed E-state index contributed by atoms with van der Waals surface area (Å²) in [4.78, 5) is 19.4. The fraction of sp³-hybridized carbons (Fsp3) is 0.300. The molecule has 2 aromatic heterocycles. The molecule has 0 fully saturated rings. The number of nitrogens with zero attached hydrogens (tertiary/aromatic N) is 2. The number of hydrogen-bond donors (Lipinski definition) is 3. The summed E-state index contributed by atoms with van der Waals surface area (Å²) in [6.07, 6.45) is 1.70. The minimum atomic E-state index is -0.139. The van der Waals surface area contributed by atoms with Crippen LogP contribution in [0.1, 0.15) is 6.92 Å². The highest BCUT2D eigenvalue weighted by molar-refractivity contribution is 7.19. The van der Waals surface area contributed by atoms with Crippen molar-refractivity contribution in [2.24, 2.45) is 0 Å². The maximum atomic E-state index is 10.9. The SMILES string of the molecule is CC(=O)Nc1nc(-c2ncc(NCCO)s2)cs1. The molecule has 3 N–H and O–H groups in total. The number of thiazole rings is 2. The molecular formula is C10H12N4O2S2. The molecule has 0 aromatic carbocycles. The molecule has 0 aliphatic carbocycles. The summed E-state index contributed by atoms with van der Waals surface area (Å²) in [5.41, 5.74) is 0.741. The number of nitrogens with one attached hydrogen (secondary N) is 2. The van der Waals surface area contributed by atoms with Gasteiger partial charge in [0.05, 0.1) is 12.8 Å². The zero-order chi connectivity index (χ0) is 13.0. The van der Waals surface area contributed by atoms with E-state index in [2.05, 4.69) is 20.6 Å². The zero-order valence-corrected chi connectivity index (χ0v) is 11.3. The lowest BCUT2D eigenvalue weighted by Gasteiger charge is -1.96. The van der Waals surface area contributed by atoms with Gasteiger partial charge in [0.15, 0.2) is 5.13 Å². The van der Waals surface area contributed by atoms with Gasteiger partial charge in [-0.25, -0.2) is 9.97 Å². The van der Waals surface area contributed by atoms with Crippen molar-refractivity contribution in [3.8, 4) is 10.7 Å². The first-order chi connectivity index (χ1) is 8.69. The predicted molar refractivity (Wildman–Crippen MR) is 73.1 cm³/mol. The van der Waals surface area contributed by atoms with Gasteiger partial charge in [-0.05, 0) is 0 Å². The van der Waals surface area contributed by atoms with Gasteiger partial charge in [0.2, 0.25) is 5.91 Å². The third-order valence-corrected chi connectivity index (χ3v) is 3.66. The lowest BCUT2D eigenvalue weighted by molar-refractivity contribution is -0.114. The van der Waals surface area contributed by atoms with E-state index < -0.39 is 0 Å². The van der Waals surface area contributed by atoms with Gasteiger partial charge in [-0.3, -0.25) is 4.79 Å². The van der Waals surface area contributed by atoms with Gasteiger partial charge in [-0.15, -0.1) is 11.3 Å². The number of carbonyl (C=O) groups is 1. The van der Waals surface area contributed by atoms with Crippen LogP contribution in [-0.2, 0) is 4.79 Å². The van der Waals surface area contributed by atoms with Gasteiger partial charge in [0, 0.05) is 18.8 Å². The van der Waals surface area contributed by atoms with Crippen molar-refractivity contribution in [2.45, 2.75) is 6.92 Å². The molecule has 96 valence electrons. The predicted octanol–water partition coefficient (Wildman–Crippen LogP) is 1.63. The minimum Gasteiger partial charge on any atom is -0.395 e. The largest absolute Gasteiger partial charge is 0.395 e. The van der Waals surface area contributed by atoms with Gasteiger partial charge in [-0.1, -0.05) is 11.3 Å². The number of carbonyl (C=O) groups excluding carboxylic acids is 1. The van der Waals surface area contributed by atoms with E-state index in [1.807, 2.05) is 5.38 Å². The monoisotopic (exact) mass is 284 g/mol. The third-order valence-electron chi connectivity index (χ3n) is 1.92. The normalized spacial score (nSPS) is 10.3. The number of rotatable bonds is 5. The molecule has 0 radical (unpaired) electrons. The smallest absolute Gasteiger partial charge is 0.223 e. The maximum Gasteiger partial charge on any atom is 0.223 e. The maximum absolute atomic E-state index is 10.9. The van der Waals surface area contributed by atoms with E-state index in [0.29, 0.717) is 11.7 Å². The van der Waals surface area contributed by atoms with Gasteiger partial charge in [0.1, 0.15) is 15.7 Å². The van der Waals surface area contributed by atoms with Crippen LogP contribution >= 0.6 is 22.7 Å². The second kappa shape index (κ2) is 5.89. The van der Waals surface area contributed by atoms with E-state index in [9.17, 15) is 4.79 Å². The van der Waals surface area contributed by atoms with Crippen molar-refractivity contribution in [3.05, 3.63) is 11.6 Å². The summed E-state index contributed by atoms with van der Waals surface area (Å²) >= 11 is 2.82. The molecular weight excluding hydrogens is 272 g/mol. The standard InChI is InChI=1S/C10H12N4O2S2/c1-6(16)13-10-14-7(5-17-10)9-12-4-8(18-9)11-2-3-15/h4-5,11,15H,2-3H2,1H3,(H,13,14,16). The van der Waals surface area contributed by atoms with Crippen LogP contribution in [0.4, 0.5) is 10.1 Å². The average Bonchev–Trinajstić information content (AvgIpc) is 2.94. The molecule has 0 spiro atoms. The van der Waals surface area contributed by atoms with Crippen molar-refractivity contribution < 1.29 is 9.90 Å². The number of anilines is 2. The Morgan fingerprint density at radius 2 is 2.39 bits per heavy atom. The van der Waals surface area contributed by atoms with Crippen molar-refractivity contribution in [3.63, 3.8) is 0 Å². The van der Waals surface area contributed by atoms with Crippen molar-refractivity contribution in [2.75, 3.05) is 23.8 Å². The molecule has 0 aliphatic rings. The minimum absolute atomic E-state index is 0.0800. The van der Waals surface area contributed by atoms with Crippen LogP contribution in [0.15, 0.2) is 11.6 Å². The van der Waals surface area contributed by atoms with Crippen LogP contribution in [-0.4, -0.2) is 34.1 Å². The highest BCUT2D eigenvalue weighted by atomic mass is 32.1. The summed E-state index contributed by atoms with van der Waals surface area (Å²) in [5, 5.41) is 18.5. The third kappa shape index (κ3) is 3.25. The van der Waals surface area contributed by atoms with Crippen molar-refractivity contribution >= 4 is 38.7 Å². The summed E-state index contributed by atoms with van der Waals surface area (Å²) in [5.74, 6) is -0.139. The fourth-order valence-electron chi connectivity index (χ4n) is 1.23. The molecule has 0 saturated carbocycles. The van der Waals surface area contributed by atoms with Crippen molar-refractivity contribution in [1.29, 1.82) is 0 Å². The molecule has 0 atom stereocenters. The lowest BCUT2D eigenvalue weighted by atomic mass is 10.5. The zero-order valence-electron chi connectivity index (χ0n) is 9.64. The Hall–Kier alpha value is -1.51. The summed E-state index contributed by atoms with van der Waals surface area (Å²) in [6.45, 7) is 2.02. The van der Waals surface area contributed by atoms with Crippen LogP contribution in [0.2, 0.25) is 0 Å². The van der Waals surface area contributed by atoms with E-state index in [1.54, 1.807) is 6.20 Å². The number of aliphatic hydroxyl groups is 1. The Morgan fingerprint density at radius 3 is 3.11 bits per heavy atom. The first kappa shape index (κ1) is 12.9. The summed E-state index contributed by atoms with van der Waals surface area (Å²) in [6, 6.07) is 0. The topological polar surface area (TPSA) is 87.1 Å².